The molecule has 24 rings (SSSR count). The van der Waals surface area contributed by atoms with Crippen LogP contribution in [-0.2, 0) is 0 Å². The van der Waals surface area contributed by atoms with Gasteiger partial charge in [-0.05, 0) is 81.6 Å². The van der Waals surface area contributed by atoms with Gasteiger partial charge in [0.1, 0.15) is 0 Å². The highest BCUT2D eigenvalue weighted by Crippen LogP contribution is 2.53. The number of fused-ring (bicyclic) bond motifs is 29. The fourth-order valence-electron chi connectivity index (χ4n) is 17.8. The summed E-state index contributed by atoms with van der Waals surface area (Å²) in [5.41, 5.74) is 22.4. The first-order chi connectivity index (χ1) is 46.6. The summed E-state index contributed by atoms with van der Waals surface area (Å²) in [6.07, 6.45) is 0. The largest absolute Gasteiger partial charge is 0.308 e. The standard InChI is InChI=1S/C85H42N8O/c94-83-57-23-6-5-22-53(57)76-72-60(83)28-15-30-66(72)87-84(89-76)92-77-46-17-2-1-16-43(46)34-36-55(77)63-42-62-50-20-8-11-32-68(50)91-70-40-44(35-37-59(70)74(80(62)91)82(63)92)45-25-13-27-54-48(45)38-39-56-64-41-61-49-19-7-10-31-67(49)90-69-33-12-9-24-58(69)73(79(61)90)81(64)93(78(54)56)85-86-65-29-14-26-51-47-18-3-4-21-52(47)75(88-85)71(51)65/h1-42H. The topological polar surface area (TPSA) is 87.3 Å². The van der Waals surface area contributed by atoms with E-state index in [1.54, 1.807) is 0 Å². The summed E-state index contributed by atoms with van der Waals surface area (Å²) in [6.45, 7) is 0. The van der Waals surface area contributed by atoms with Crippen LogP contribution in [-0.4, -0.2) is 43.7 Å². The van der Waals surface area contributed by atoms with Crippen molar-refractivity contribution in [3.63, 3.8) is 0 Å². The molecule has 0 fully saturated rings. The van der Waals surface area contributed by atoms with Crippen LogP contribution in [0.1, 0.15) is 15.9 Å². The average molecular weight is 1190 g/mol. The zero-order valence-electron chi connectivity index (χ0n) is 49.7. The maximum absolute atomic E-state index is 14.2. The Morgan fingerprint density at radius 3 is 1.36 bits per heavy atom. The van der Waals surface area contributed by atoms with Crippen molar-refractivity contribution in [1.29, 1.82) is 0 Å². The number of aromatic nitrogens is 8. The van der Waals surface area contributed by atoms with Crippen molar-refractivity contribution in [2.45, 2.75) is 0 Å². The molecule has 22 aromatic rings. The van der Waals surface area contributed by atoms with E-state index in [0.717, 1.165) is 148 Å². The third kappa shape index (κ3) is 5.59. The van der Waals surface area contributed by atoms with Gasteiger partial charge in [-0.1, -0.05) is 206 Å². The first kappa shape index (κ1) is 48.1. The fraction of sp³-hybridized carbons (Fsp3) is 0. The maximum atomic E-state index is 14.2. The number of hydrogen-bond donors (Lipinski definition) is 0. The molecule has 0 saturated heterocycles. The lowest BCUT2D eigenvalue weighted by atomic mass is 9.87. The van der Waals surface area contributed by atoms with Gasteiger partial charge in [0, 0.05) is 108 Å². The molecule has 9 heteroatoms. The third-order valence-electron chi connectivity index (χ3n) is 21.5. The second-order valence-corrected chi connectivity index (χ2v) is 25.8. The van der Waals surface area contributed by atoms with Crippen molar-refractivity contribution in [2.75, 3.05) is 0 Å². The van der Waals surface area contributed by atoms with Gasteiger partial charge >= 0.3 is 0 Å². The molecule has 0 atom stereocenters. The van der Waals surface area contributed by atoms with E-state index in [9.17, 15) is 4.79 Å². The van der Waals surface area contributed by atoms with Crippen LogP contribution in [0.4, 0.5) is 0 Å². The molecule has 8 heterocycles. The van der Waals surface area contributed by atoms with Gasteiger partial charge in [0.25, 0.3) is 0 Å². The molecule has 94 heavy (non-hydrogen) atoms. The number of benzene rings is 14. The van der Waals surface area contributed by atoms with Crippen molar-refractivity contribution in [3.8, 4) is 56.7 Å². The lowest BCUT2D eigenvalue weighted by molar-refractivity contribution is 0.104. The third-order valence-corrected chi connectivity index (χ3v) is 21.5. The van der Waals surface area contributed by atoms with Crippen molar-refractivity contribution in [3.05, 3.63) is 266 Å². The predicted octanol–water partition coefficient (Wildman–Crippen LogP) is 20.9. The molecule has 0 aliphatic heterocycles. The highest BCUT2D eigenvalue weighted by molar-refractivity contribution is 6.38. The van der Waals surface area contributed by atoms with Crippen LogP contribution in [0, 0.1) is 0 Å². The minimum atomic E-state index is -0.00612. The van der Waals surface area contributed by atoms with Gasteiger partial charge in [-0.2, -0.15) is 0 Å². The number of ketones is 1. The molecule has 0 bridgehead atoms. The van der Waals surface area contributed by atoms with E-state index in [4.69, 9.17) is 19.9 Å². The van der Waals surface area contributed by atoms with Gasteiger partial charge in [-0.3, -0.25) is 13.9 Å². The molecule has 0 radical (unpaired) electrons. The smallest absolute Gasteiger partial charge is 0.235 e. The van der Waals surface area contributed by atoms with Crippen LogP contribution in [0.5, 0.6) is 0 Å². The Hall–Kier alpha value is -12.9. The van der Waals surface area contributed by atoms with Gasteiger partial charge in [0.2, 0.25) is 11.9 Å². The van der Waals surface area contributed by atoms with Crippen molar-refractivity contribution < 1.29 is 4.79 Å². The number of nitrogens with zero attached hydrogens (tertiary/aromatic N) is 8. The molecule has 0 unspecified atom stereocenters. The predicted molar refractivity (Wildman–Crippen MR) is 384 cm³/mol. The lowest BCUT2D eigenvalue weighted by Crippen LogP contribution is -2.13. The number of rotatable bonds is 3. The van der Waals surface area contributed by atoms with Crippen LogP contribution in [0.15, 0.2) is 255 Å². The zero-order valence-corrected chi connectivity index (χ0v) is 49.7. The monoisotopic (exact) mass is 1190 g/mol. The maximum Gasteiger partial charge on any atom is 0.235 e. The average Bonchev–Trinajstić information content (AvgIpc) is 1.51. The summed E-state index contributed by atoms with van der Waals surface area (Å²) < 4.78 is 9.73. The van der Waals surface area contributed by atoms with E-state index in [1.165, 1.54) is 60.0 Å². The van der Waals surface area contributed by atoms with Crippen LogP contribution >= 0.6 is 0 Å². The summed E-state index contributed by atoms with van der Waals surface area (Å²) in [7, 11) is 0. The summed E-state index contributed by atoms with van der Waals surface area (Å²) in [4.78, 5) is 36.7. The number of para-hydroxylation sites is 3. The Morgan fingerprint density at radius 1 is 0.245 bits per heavy atom. The molecular weight excluding hydrogens is 1150 g/mol. The molecule has 0 N–H and O–H groups in total. The molecule has 428 valence electrons. The van der Waals surface area contributed by atoms with Crippen molar-refractivity contribution >= 4 is 169 Å². The first-order valence-corrected chi connectivity index (χ1v) is 32.1. The Bertz CT molecular complexity index is 7380. The Morgan fingerprint density at radius 2 is 0.681 bits per heavy atom. The van der Waals surface area contributed by atoms with E-state index in [-0.39, 0.29) is 5.78 Å². The molecule has 0 saturated carbocycles. The summed E-state index contributed by atoms with van der Waals surface area (Å²) in [5, 5.41) is 20.4. The zero-order chi connectivity index (χ0) is 60.7. The van der Waals surface area contributed by atoms with Gasteiger partial charge in [0.15, 0.2) is 5.78 Å². The lowest BCUT2D eigenvalue weighted by Gasteiger charge is -2.20. The van der Waals surface area contributed by atoms with Crippen LogP contribution in [0.25, 0.3) is 220 Å². The Labute approximate surface area is 531 Å². The Balaban J connectivity index is 0.813. The highest BCUT2D eigenvalue weighted by Gasteiger charge is 2.33. The SMILES string of the molecule is O=C1c2ccccc2-c2nc(-n3c4c5ccccc5ccc4c4cc5c6ccccc6n6c7cc(-c8cccc9c8ccc8c%10cc%11c%12ccccc%12n%12c%13ccccc%13c(c%10n(-c%10nc%13c%14c(cccc%14n%10)-c%10ccccc%10-%13)c98)c%11%12)ccc7c(c43)c56)nc3cccc1c23. The highest BCUT2D eigenvalue weighted by atomic mass is 16.1. The molecular formula is C85H42N8O. The molecule has 0 amide bonds. The van der Waals surface area contributed by atoms with E-state index >= 15 is 0 Å². The van der Waals surface area contributed by atoms with Gasteiger partial charge < -0.3 is 8.80 Å². The van der Waals surface area contributed by atoms with Crippen LogP contribution in [0.2, 0.25) is 0 Å². The summed E-state index contributed by atoms with van der Waals surface area (Å²) >= 11 is 0. The quantitative estimate of drug-likeness (QED) is 0.176. The van der Waals surface area contributed by atoms with Crippen molar-refractivity contribution in [2.24, 2.45) is 0 Å². The molecule has 0 spiro atoms. The minimum absolute atomic E-state index is 0.00612. The second-order valence-electron chi connectivity index (χ2n) is 25.8. The van der Waals surface area contributed by atoms with Gasteiger partial charge in [-0.25, -0.2) is 19.9 Å². The molecule has 14 aromatic carbocycles. The van der Waals surface area contributed by atoms with E-state index in [1.807, 2.05) is 42.5 Å². The molecule has 2 aliphatic carbocycles. The Kier molecular flexibility index (Phi) is 8.46. The normalized spacial score (nSPS) is 13.1. The number of carbonyl (C=O) groups is 1. The fourth-order valence-corrected chi connectivity index (χ4v) is 17.8. The first-order valence-electron chi connectivity index (χ1n) is 32.1. The van der Waals surface area contributed by atoms with E-state index in [2.05, 4.69) is 230 Å². The molecule has 8 aromatic heterocycles. The number of hydrogen-bond acceptors (Lipinski definition) is 5. The summed E-state index contributed by atoms with van der Waals surface area (Å²) in [6, 6.07) is 92.2. The van der Waals surface area contributed by atoms with E-state index < -0.39 is 0 Å². The second kappa shape index (κ2) is 16.6. The van der Waals surface area contributed by atoms with E-state index in [0.29, 0.717) is 23.0 Å². The summed E-state index contributed by atoms with van der Waals surface area (Å²) in [5.74, 6) is 1.19. The number of carbonyl (C=O) groups excluding carboxylic acids is 1. The van der Waals surface area contributed by atoms with Crippen LogP contribution in [0.3, 0.4) is 0 Å². The van der Waals surface area contributed by atoms with Crippen molar-refractivity contribution in [1.82, 2.24) is 37.9 Å². The van der Waals surface area contributed by atoms with Gasteiger partial charge in [0.05, 0.1) is 77.6 Å². The minimum Gasteiger partial charge on any atom is -0.308 e. The molecule has 2 aliphatic rings. The molecule has 9 nitrogen and oxygen atoms in total. The van der Waals surface area contributed by atoms with Crippen LogP contribution < -0.4 is 0 Å². The van der Waals surface area contributed by atoms with Gasteiger partial charge in [-0.15, -0.1) is 0 Å².